The maximum absolute atomic E-state index is 9.66. The first-order valence-electron chi connectivity index (χ1n) is 23.5. The lowest BCUT2D eigenvalue weighted by molar-refractivity contribution is 1.07. The van der Waals surface area contributed by atoms with Gasteiger partial charge in [-0.05, 0) is 63.6 Å². The van der Waals surface area contributed by atoms with Crippen molar-refractivity contribution in [3.63, 3.8) is 0 Å². The van der Waals surface area contributed by atoms with Gasteiger partial charge in [0.25, 0.3) is 0 Å². The maximum Gasteiger partial charge on any atom is 0.164 e. The summed E-state index contributed by atoms with van der Waals surface area (Å²) in [4.78, 5) is 14.9. The van der Waals surface area contributed by atoms with Crippen LogP contribution in [-0.2, 0) is 0 Å². The molecule has 0 saturated heterocycles. The third-order valence-corrected chi connectivity index (χ3v) is 9.41. The van der Waals surface area contributed by atoms with Gasteiger partial charge in [-0.1, -0.05) is 176 Å². The molecule has 10 aromatic rings. The van der Waals surface area contributed by atoms with Crippen LogP contribution in [0.3, 0.4) is 0 Å². The molecule has 0 N–H and O–H groups in total. The van der Waals surface area contributed by atoms with Gasteiger partial charge in [0.05, 0.1) is 27.5 Å². The molecule has 258 valence electrons. The van der Waals surface area contributed by atoms with Crippen molar-refractivity contribution in [2.75, 3.05) is 0 Å². The zero-order valence-corrected chi connectivity index (χ0v) is 29.0. The Kier molecular flexibility index (Phi) is 5.52. The molecule has 0 fully saturated rings. The zero-order chi connectivity index (χ0) is 47.0. The van der Waals surface area contributed by atoms with Crippen molar-refractivity contribution >= 4 is 21.8 Å². The van der Waals surface area contributed by atoms with Crippen LogP contribution in [0.5, 0.6) is 0 Å². The summed E-state index contributed by atoms with van der Waals surface area (Å²) in [6.07, 6.45) is 0. The second-order valence-corrected chi connectivity index (χ2v) is 12.8. The van der Waals surface area contributed by atoms with E-state index in [0.29, 0.717) is 28.6 Å². The van der Waals surface area contributed by atoms with E-state index in [9.17, 15) is 4.11 Å². The number of hydrogen-bond acceptors (Lipinski definition) is 3. The molecule has 2 heterocycles. The summed E-state index contributed by atoms with van der Waals surface area (Å²) in [6.45, 7) is 0. The Morgan fingerprint density at radius 3 is 1.47 bits per heavy atom. The van der Waals surface area contributed by atoms with Crippen molar-refractivity contribution in [3.05, 3.63) is 206 Å². The molecule has 4 nitrogen and oxygen atoms in total. The first-order valence-corrected chi connectivity index (χ1v) is 17.5. The smallest absolute Gasteiger partial charge is 0.164 e. The van der Waals surface area contributed by atoms with Gasteiger partial charge in [0.1, 0.15) is 0 Å². The Balaban J connectivity index is 1.15. The predicted molar refractivity (Wildman–Crippen MR) is 227 cm³/mol. The first kappa shape index (κ1) is 21.9. The topological polar surface area (TPSA) is 43.6 Å². The Morgan fingerprint density at radius 1 is 0.345 bits per heavy atom. The van der Waals surface area contributed by atoms with Crippen molar-refractivity contribution < 1.29 is 16.4 Å². The van der Waals surface area contributed by atoms with Crippen molar-refractivity contribution in [1.29, 1.82) is 0 Å². The van der Waals surface area contributed by atoms with E-state index in [1.807, 2.05) is 109 Å². The number of fused-ring (bicyclic) bond motifs is 3. The SMILES string of the molecule is [2H]c1c([2H])c([2H])c(-n2c3c([2H])c([2H])c([2H])c([2H])c3c3c([2H])c([2H])c(-c4ccc(-c5nc(-c6ccc(-c7ccccc7)cc6)nc(-c6cccc(-c7ccccc7)c6)n5)cc4)c([2H])c32)c([2H])c1[2H]. The largest absolute Gasteiger partial charge is 0.309 e. The lowest BCUT2D eigenvalue weighted by Crippen LogP contribution is -2.00. The van der Waals surface area contributed by atoms with Crippen LogP contribution >= 0.6 is 0 Å². The summed E-state index contributed by atoms with van der Waals surface area (Å²) in [5.41, 5.74) is 5.46. The molecule has 4 heteroatoms. The lowest BCUT2D eigenvalue weighted by atomic mass is 10.0. The van der Waals surface area contributed by atoms with Crippen LogP contribution in [0.4, 0.5) is 0 Å². The average molecular weight is 715 g/mol. The second-order valence-electron chi connectivity index (χ2n) is 12.8. The predicted octanol–water partition coefficient (Wildman–Crippen LogP) is 13.0. The molecular formula is C51H34N4. The van der Waals surface area contributed by atoms with E-state index in [-0.39, 0.29) is 27.4 Å². The molecular weight excluding hydrogens is 669 g/mol. The number of aromatic nitrogens is 4. The maximum atomic E-state index is 9.66. The molecule has 0 amide bonds. The highest BCUT2D eigenvalue weighted by atomic mass is 15.0. The van der Waals surface area contributed by atoms with Gasteiger partial charge in [0, 0.05) is 33.2 Å². The molecule has 55 heavy (non-hydrogen) atoms. The Morgan fingerprint density at radius 2 is 0.818 bits per heavy atom. The second kappa shape index (κ2) is 13.8. The fraction of sp³-hybridized carbons (Fsp3) is 0. The zero-order valence-electron chi connectivity index (χ0n) is 41.0. The summed E-state index contributed by atoms with van der Waals surface area (Å²) >= 11 is 0. The van der Waals surface area contributed by atoms with Crippen LogP contribution in [0.15, 0.2) is 206 Å². The van der Waals surface area contributed by atoms with E-state index < -0.39 is 78.2 Å². The molecule has 0 spiro atoms. The number of benzene rings is 8. The summed E-state index contributed by atoms with van der Waals surface area (Å²) in [5.74, 6) is 1.19. The molecule has 0 unspecified atom stereocenters. The first-order chi connectivity index (χ1) is 32.2. The minimum Gasteiger partial charge on any atom is -0.309 e. The number of nitrogens with zero attached hydrogens (tertiary/aromatic N) is 4. The highest BCUT2D eigenvalue weighted by molar-refractivity contribution is 6.10. The van der Waals surface area contributed by atoms with Crippen molar-refractivity contribution in [1.82, 2.24) is 19.5 Å². The van der Waals surface area contributed by atoms with E-state index in [4.69, 9.17) is 27.3 Å². The van der Waals surface area contributed by atoms with Gasteiger partial charge in [0.2, 0.25) is 0 Å². The molecule has 8 aromatic carbocycles. The molecule has 0 bridgehead atoms. The third-order valence-electron chi connectivity index (χ3n) is 9.41. The minimum absolute atomic E-state index is 0.0519. The molecule has 2 aromatic heterocycles. The molecule has 0 radical (unpaired) electrons. The van der Waals surface area contributed by atoms with Gasteiger partial charge >= 0.3 is 0 Å². The Labute approximate surface area is 336 Å². The summed E-state index contributed by atoms with van der Waals surface area (Å²) in [5, 5.41) is -0.408. The van der Waals surface area contributed by atoms with Crippen LogP contribution in [0.2, 0.25) is 0 Å². The highest BCUT2D eigenvalue weighted by Crippen LogP contribution is 2.36. The molecule has 0 aliphatic carbocycles. The van der Waals surface area contributed by atoms with E-state index in [0.717, 1.165) is 37.9 Å². The van der Waals surface area contributed by atoms with Crippen LogP contribution in [0, 0.1) is 0 Å². The number of hydrogen-bond donors (Lipinski definition) is 0. The molecule has 0 aliphatic heterocycles. The van der Waals surface area contributed by atoms with E-state index in [1.54, 1.807) is 24.3 Å². The molecule has 0 aliphatic rings. The van der Waals surface area contributed by atoms with Gasteiger partial charge in [-0.2, -0.15) is 0 Å². The fourth-order valence-corrected chi connectivity index (χ4v) is 6.69. The fourth-order valence-electron chi connectivity index (χ4n) is 6.69. The Hall–Kier alpha value is -7.43. The van der Waals surface area contributed by atoms with E-state index in [2.05, 4.69) is 0 Å². The van der Waals surface area contributed by atoms with Gasteiger partial charge in [0.15, 0.2) is 17.5 Å². The van der Waals surface area contributed by atoms with Gasteiger partial charge in [-0.3, -0.25) is 0 Å². The average Bonchev–Trinajstić information content (AvgIpc) is 3.72. The van der Waals surface area contributed by atoms with Gasteiger partial charge in [-0.15, -0.1) is 0 Å². The molecule has 10 rings (SSSR count). The normalized spacial score (nSPS) is 14.3. The number of para-hydroxylation sites is 2. The lowest BCUT2D eigenvalue weighted by Gasteiger charge is -2.11. The van der Waals surface area contributed by atoms with Crippen molar-refractivity contribution in [2.45, 2.75) is 0 Å². The van der Waals surface area contributed by atoms with Gasteiger partial charge in [-0.25, -0.2) is 15.0 Å². The van der Waals surface area contributed by atoms with Crippen molar-refractivity contribution in [3.8, 4) is 73.2 Å². The van der Waals surface area contributed by atoms with E-state index in [1.165, 1.54) is 0 Å². The van der Waals surface area contributed by atoms with Crippen LogP contribution in [-0.4, -0.2) is 19.5 Å². The molecule has 0 atom stereocenters. The highest BCUT2D eigenvalue weighted by Gasteiger charge is 2.16. The Bertz CT molecular complexity index is 3610. The van der Waals surface area contributed by atoms with Crippen LogP contribution in [0.25, 0.3) is 95.0 Å². The summed E-state index contributed by atoms with van der Waals surface area (Å²) in [7, 11) is 0. The van der Waals surface area contributed by atoms with E-state index >= 15 is 0 Å². The minimum atomic E-state index is -0.699. The summed E-state index contributed by atoms with van der Waals surface area (Å²) < 4.78 is 107. The summed E-state index contributed by atoms with van der Waals surface area (Å²) in [6, 6.07) is 35.4. The quantitative estimate of drug-likeness (QED) is 0.165. The third kappa shape index (κ3) is 6.16. The van der Waals surface area contributed by atoms with Crippen molar-refractivity contribution in [2.24, 2.45) is 0 Å². The monoisotopic (exact) mass is 714 g/mol. The van der Waals surface area contributed by atoms with Crippen LogP contribution < -0.4 is 0 Å². The number of rotatable bonds is 7. The standard InChI is InChI=1S/C51H34N4/c1-4-13-35(14-5-1)37-23-27-39(28-24-37)49-52-50(54-51(53-49)43-18-12-17-41(33-43)36-15-6-2-7-16-36)40-29-25-38(26-30-40)42-31-32-46-45-21-10-11-22-47(45)55(48(46)34-42)44-19-8-3-9-20-44/h1-34H/i3D,8D,9D,10D,11D,19D,20D,21D,22D,31D,32D,34D. The van der Waals surface area contributed by atoms with Gasteiger partial charge < -0.3 is 4.57 Å². The van der Waals surface area contributed by atoms with Crippen LogP contribution in [0.1, 0.15) is 16.4 Å². The molecule has 0 saturated carbocycles.